The van der Waals surface area contributed by atoms with E-state index >= 15 is 0 Å². The largest absolute Gasteiger partial charge is 0.313 e. The summed E-state index contributed by atoms with van der Waals surface area (Å²) in [6, 6.07) is 3.05. The Kier molecular flexibility index (Phi) is 4.97. The summed E-state index contributed by atoms with van der Waals surface area (Å²) in [5.41, 5.74) is 0.613. The molecule has 2 N–H and O–H groups in total. The zero-order chi connectivity index (χ0) is 14.9. The van der Waals surface area contributed by atoms with Crippen LogP contribution in [0.25, 0.3) is 0 Å². The molecule has 0 amide bonds. The molecule has 0 heterocycles. The monoisotopic (exact) mass is 336 g/mol. The summed E-state index contributed by atoms with van der Waals surface area (Å²) in [6.07, 6.45) is 0.870. The molecule has 2 atom stereocenters. The number of hydrogen-bond acceptors (Lipinski definition) is 3. The summed E-state index contributed by atoms with van der Waals surface area (Å²) < 4.78 is 27.3. The lowest BCUT2D eigenvalue weighted by atomic mass is 10.2. The van der Waals surface area contributed by atoms with E-state index in [1.807, 2.05) is 13.8 Å². The molecule has 4 nitrogen and oxygen atoms in total. The first kappa shape index (κ1) is 16.0. The average molecular weight is 337 g/mol. The van der Waals surface area contributed by atoms with Crippen molar-refractivity contribution in [3.8, 4) is 0 Å². The summed E-state index contributed by atoms with van der Waals surface area (Å²) >= 11 is 12.3. The molecule has 2 rings (SSSR count). The molecule has 1 aromatic rings. The molecule has 20 heavy (non-hydrogen) atoms. The first-order valence-electron chi connectivity index (χ1n) is 6.56. The van der Waals surface area contributed by atoms with E-state index in [2.05, 4.69) is 10.0 Å². The van der Waals surface area contributed by atoms with Gasteiger partial charge in [0.05, 0.1) is 5.02 Å². The fourth-order valence-corrected chi connectivity index (χ4v) is 4.21. The van der Waals surface area contributed by atoms with Crippen LogP contribution in [0.3, 0.4) is 0 Å². The molecule has 112 valence electrons. The van der Waals surface area contributed by atoms with Crippen LogP contribution in [0.5, 0.6) is 0 Å². The van der Waals surface area contributed by atoms with Gasteiger partial charge in [0.25, 0.3) is 0 Å². The second kappa shape index (κ2) is 6.20. The minimum atomic E-state index is -3.59. The molecule has 0 spiro atoms. The van der Waals surface area contributed by atoms with Crippen molar-refractivity contribution < 1.29 is 8.42 Å². The van der Waals surface area contributed by atoms with Crippen LogP contribution in [0.2, 0.25) is 10.0 Å². The Bertz CT molecular complexity index is 605. The molecule has 0 radical (unpaired) electrons. The number of rotatable bonds is 6. The van der Waals surface area contributed by atoms with Crippen LogP contribution in [-0.2, 0) is 16.6 Å². The van der Waals surface area contributed by atoms with Gasteiger partial charge in [0.15, 0.2) is 0 Å². The third-order valence-electron chi connectivity index (χ3n) is 3.41. The molecule has 0 aliphatic heterocycles. The number of nitrogens with one attached hydrogen (secondary N) is 2. The summed E-state index contributed by atoms with van der Waals surface area (Å²) in [5.74, 6) is 0.386. The van der Waals surface area contributed by atoms with Gasteiger partial charge in [0.1, 0.15) is 4.90 Å². The third kappa shape index (κ3) is 3.46. The maximum absolute atomic E-state index is 12.3. The van der Waals surface area contributed by atoms with E-state index in [4.69, 9.17) is 23.2 Å². The molecule has 0 bridgehead atoms. The molecule has 1 saturated carbocycles. The van der Waals surface area contributed by atoms with Gasteiger partial charge in [-0.15, -0.1) is 0 Å². The predicted octanol–water partition coefficient (Wildman–Crippen LogP) is 2.79. The van der Waals surface area contributed by atoms with E-state index in [0.717, 1.165) is 13.0 Å². The normalized spacial score (nSPS) is 22.0. The lowest BCUT2D eigenvalue weighted by Gasteiger charge is -2.13. The van der Waals surface area contributed by atoms with Crippen molar-refractivity contribution >= 4 is 33.2 Å². The summed E-state index contributed by atoms with van der Waals surface area (Å²) in [4.78, 5) is 0.0931. The topological polar surface area (TPSA) is 58.2 Å². The molecule has 0 saturated heterocycles. The maximum atomic E-state index is 12.3. The number of benzene rings is 1. The van der Waals surface area contributed by atoms with Crippen LogP contribution in [0.4, 0.5) is 0 Å². The molecule has 0 aromatic heterocycles. The molecule has 1 aromatic carbocycles. The highest BCUT2D eigenvalue weighted by molar-refractivity contribution is 7.89. The van der Waals surface area contributed by atoms with Gasteiger partial charge in [-0.25, -0.2) is 13.1 Å². The highest BCUT2D eigenvalue weighted by atomic mass is 35.5. The van der Waals surface area contributed by atoms with Gasteiger partial charge in [0, 0.05) is 23.2 Å². The van der Waals surface area contributed by atoms with E-state index < -0.39 is 10.0 Å². The SMILES string of the molecule is CCNCc1c(Cl)ccc(S(=O)(=O)NC2CC2C)c1Cl. The van der Waals surface area contributed by atoms with Crippen LogP contribution < -0.4 is 10.0 Å². The Morgan fingerprint density at radius 3 is 2.55 bits per heavy atom. The van der Waals surface area contributed by atoms with Gasteiger partial charge in [-0.05, 0) is 31.0 Å². The van der Waals surface area contributed by atoms with Gasteiger partial charge in [-0.2, -0.15) is 0 Å². The Balaban J connectivity index is 2.31. The maximum Gasteiger partial charge on any atom is 0.242 e. The average Bonchev–Trinajstić information content (AvgIpc) is 3.03. The molecule has 1 aliphatic carbocycles. The molecule has 1 fully saturated rings. The fraction of sp³-hybridized carbons (Fsp3) is 0.538. The van der Waals surface area contributed by atoms with Gasteiger partial charge in [0.2, 0.25) is 10.0 Å². The Morgan fingerprint density at radius 2 is 2.00 bits per heavy atom. The van der Waals surface area contributed by atoms with E-state index in [0.29, 0.717) is 23.0 Å². The van der Waals surface area contributed by atoms with Crippen molar-refractivity contribution in [3.63, 3.8) is 0 Å². The molecule has 1 aliphatic rings. The van der Waals surface area contributed by atoms with Crippen molar-refractivity contribution in [2.24, 2.45) is 5.92 Å². The van der Waals surface area contributed by atoms with Crippen molar-refractivity contribution in [2.75, 3.05) is 6.54 Å². The van der Waals surface area contributed by atoms with Crippen LogP contribution in [0.15, 0.2) is 17.0 Å². The Morgan fingerprint density at radius 1 is 1.35 bits per heavy atom. The molecule has 7 heteroatoms. The fourth-order valence-electron chi connectivity index (χ4n) is 1.94. The summed E-state index contributed by atoms with van der Waals surface area (Å²) in [5, 5.41) is 3.76. The number of halogens is 2. The van der Waals surface area contributed by atoms with Gasteiger partial charge in [-0.1, -0.05) is 37.0 Å². The smallest absolute Gasteiger partial charge is 0.242 e. The lowest BCUT2D eigenvalue weighted by Crippen LogP contribution is -2.27. The quantitative estimate of drug-likeness (QED) is 0.839. The second-order valence-electron chi connectivity index (χ2n) is 5.06. The van der Waals surface area contributed by atoms with Crippen molar-refractivity contribution in [2.45, 2.75) is 37.8 Å². The van der Waals surface area contributed by atoms with E-state index in [1.54, 1.807) is 6.07 Å². The van der Waals surface area contributed by atoms with Gasteiger partial charge in [-0.3, -0.25) is 0 Å². The minimum absolute atomic E-state index is 0.0176. The van der Waals surface area contributed by atoms with Crippen molar-refractivity contribution in [3.05, 3.63) is 27.7 Å². The van der Waals surface area contributed by atoms with Gasteiger partial charge < -0.3 is 5.32 Å². The second-order valence-corrected chi connectivity index (χ2v) is 7.53. The Hall–Kier alpha value is -0.330. The zero-order valence-corrected chi connectivity index (χ0v) is 13.7. The molecular weight excluding hydrogens is 319 g/mol. The zero-order valence-electron chi connectivity index (χ0n) is 11.4. The lowest BCUT2D eigenvalue weighted by molar-refractivity contribution is 0.578. The van der Waals surface area contributed by atoms with E-state index in [1.165, 1.54) is 6.07 Å². The van der Waals surface area contributed by atoms with E-state index in [9.17, 15) is 8.42 Å². The van der Waals surface area contributed by atoms with Crippen molar-refractivity contribution in [1.29, 1.82) is 0 Å². The van der Waals surface area contributed by atoms with Crippen molar-refractivity contribution in [1.82, 2.24) is 10.0 Å². The number of sulfonamides is 1. The highest BCUT2D eigenvalue weighted by Crippen LogP contribution is 2.34. The molecule has 2 unspecified atom stereocenters. The van der Waals surface area contributed by atoms with Crippen LogP contribution in [0, 0.1) is 5.92 Å². The van der Waals surface area contributed by atoms with E-state index in [-0.39, 0.29) is 16.0 Å². The molecular formula is C13H18Cl2N2O2S. The highest BCUT2D eigenvalue weighted by Gasteiger charge is 2.37. The first-order valence-corrected chi connectivity index (χ1v) is 8.80. The predicted molar refractivity (Wildman–Crippen MR) is 81.7 cm³/mol. The Labute approximate surface area is 129 Å². The standard InChI is InChI=1S/C13H18Cl2N2O2S/c1-3-16-7-9-10(14)4-5-12(13(9)15)20(18,19)17-11-6-8(11)2/h4-5,8,11,16-17H,3,6-7H2,1-2H3. The first-order chi connectivity index (χ1) is 9.36. The minimum Gasteiger partial charge on any atom is -0.313 e. The van der Waals surface area contributed by atoms with Crippen LogP contribution >= 0.6 is 23.2 Å². The third-order valence-corrected chi connectivity index (χ3v) is 5.84. The van der Waals surface area contributed by atoms with Gasteiger partial charge >= 0.3 is 0 Å². The number of hydrogen-bond donors (Lipinski definition) is 2. The van der Waals surface area contributed by atoms with Crippen LogP contribution in [0.1, 0.15) is 25.8 Å². The summed E-state index contributed by atoms with van der Waals surface area (Å²) in [6.45, 7) is 5.16. The van der Waals surface area contributed by atoms with Crippen LogP contribution in [-0.4, -0.2) is 21.0 Å². The summed E-state index contributed by atoms with van der Waals surface area (Å²) in [7, 11) is -3.59.